The van der Waals surface area contributed by atoms with Gasteiger partial charge in [0.1, 0.15) is 11.5 Å². The van der Waals surface area contributed by atoms with Crippen molar-refractivity contribution in [3.63, 3.8) is 0 Å². The minimum Gasteiger partial charge on any atom is -0.497 e. The third-order valence-electron chi connectivity index (χ3n) is 4.63. The molecule has 6 heteroatoms. The molecule has 0 radical (unpaired) electrons. The molecule has 1 fully saturated rings. The zero-order chi connectivity index (χ0) is 17.6. The average Bonchev–Trinajstić information content (AvgIpc) is 3.15. The smallest absolute Gasteiger partial charge is 0.241 e. The van der Waals surface area contributed by atoms with Gasteiger partial charge in [0.2, 0.25) is 5.91 Å². The minimum absolute atomic E-state index is 0.00716. The summed E-state index contributed by atoms with van der Waals surface area (Å²) in [4.78, 5) is 17.1. The molecule has 2 heterocycles. The summed E-state index contributed by atoms with van der Waals surface area (Å²) in [6, 6.07) is 11.2. The Balaban J connectivity index is 1.49. The summed E-state index contributed by atoms with van der Waals surface area (Å²) in [6.45, 7) is 6.37. The van der Waals surface area contributed by atoms with E-state index in [2.05, 4.69) is 15.1 Å². The second-order valence-electron chi connectivity index (χ2n) is 6.29. The maximum atomic E-state index is 12.5. The van der Waals surface area contributed by atoms with Gasteiger partial charge in [-0.15, -0.1) is 0 Å². The number of ether oxygens (including phenoxy) is 1. The molecule has 1 N–H and O–H groups in total. The van der Waals surface area contributed by atoms with Gasteiger partial charge in [0.15, 0.2) is 0 Å². The van der Waals surface area contributed by atoms with E-state index in [1.165, 1.54) is 0 Å². The molecule has 1 amide bonds. The number of carbonyl (C=O) groups is 1. The van der Waals surface area contributed by atoms with Gasteiger partial charge in [0.05, 0.1) is 26.0 Å². The minimum atomic E-state index is -0.169. The molecule has 0 bridgehead atoms. The van der Waals surface area contributed by atoms with Crippen molar-refractivity contribution in [2.24, 2.45) is 0 Å². The quantitative estimate of drug-likeness (QED) is 0.873. The first-order chi connectivity index (χ1) is 12.2. The first kappa shape index (κ1) is 17.5. The molecule has 1 aromatic heterocycles. The van der Waals surface area contributed by atoms with E-state index < -0.39 is 0 Å². The highest BCUT2D eigenvalue weighted by Gasteiger charge is 2.25. The van der Waals surface area contributed by atoms with E-state index in [4.69, 9.17) is 9.15 Å². The van der Waals surface area contributed by atoms with Gasteiger partial charge in [-0.05, 0) is 31.2 Å². The Morgan fingerprint density at radius 3 is 2.72 bits per heavy atom. The van der Waals surface area contributed by atoms with Crippen LogP contribution in [0.3, 0.4) is 0 Å². The fourth-order valence-corrected chi connectivity index (χ4v) is 3.05. The summed E-state index contributed by atoms with van der Waals surface area (Å²) in [5.41, 5.74) is 0.757. The van der Waals surface area contributed by atoms with Crippen molar-refractivity contribution in [3.05, 3.63) is 48.4 Å². The number of rotatable bonds is 6. The Hall–Kier alpha value is -2.31. The predicted octanol–water partition coefficient (Wildman–Crippen LogP) is 2.43. The van der Waals surface area contributed by atoms with Gasteiger partial charge in [-0.25, -0.2) is 0 Å². The molecule has 25 heavy (non-hydrogen) atoms. The summed E-state index contributed by atoms with van der Waals surface area (Å²) in [5.74, 6) is 1.72. The van der Waals surface area contributed by atoms with E-state index in [-0.39, 0.29) is 11.9 Å². The van der Waals surface area contributed by atoms with Crippen LogP contribution in [0.25, 0.3) is 0 Å². The molecule has 1 aromatic carbocycles. The van der Waals surface area contributed by atoms with Crippen LogP contribution in [0.5, 0.6) is 5.75 Å². The van der Waals surface area contributed by atoms with Crippen molar-refractivity contribution in [2.45, 2.75) is 19.5 Å². The van der Waals surface area contributed by atoms with Crippen LogP contribution < -0.4 is 10.1 Å². The molecule has 6 nitrogen and oxygen atoms in total. The van der Waals surface area contributed by atoms with Crippen molar-refractivity contribution in [1.29, 1.82) is 0 Å². The number of carbonyl (C=O) groups excluding carboxylic acids is 1. The zero-order valence-electron chi connectivity index (χ0n) is 14.8. The Bertz CT molecular complexity index is 679. The molecule has 134 valence electrons. The van der Waals surface area contributed by atoms with Gasteiger partial charge in [-0.3, -0.25) is 14.6 Å². The van der Waals surface area contributed by atoms with E-state index >= 15 is 0 Å². The molecule has 2 aromatic rings. The molecule has 0 saturated carbocycles. The number of anilines is 1. The first-order valence-corrected chi connectivity index (χ1v) is 8.59. The second kappa shape index (κ2) is 8.18. The third kappa shape index (κ3) is 4.61. The highest BCUT2D eigenvalue weighted by atomic mass is 16.5. The largest absolute Gasteiger partial charge is 0.497 e. The number of amides is 1. The SMILES string of the molecule is COc1cccc(NC(=O)[C@@H](C)N2CCN(Cc3ccco3)CC2)c1. The molecule has 0 aliphatic carbocycles. The normalized spacial score (nSPS) is 17.2. The number of benzene rings is 1. The standard InChI is InChI=1S/C19H25N3O3/c1-15(19(23)20-16-5-3-6-17(13-16)24-2)22-10-8-21(9-11-22)14-18-7-4-12-25-18/h3-7,12-13,15H,8-11,14H2,1-2H3,(H,20,23)/t15-/m1/s1. The number of nitrogens with one attached hydrogen (secondary N) is 1. The van der Waals surface area contributed by atoms with Crippen LogP contribution in [0.2, 0.25) is 0 Å². The van der Waals surface area contributed by atoms with E-state index in [9.17, 15) is 4.79 Å². The molecule has 0 spiro atoms. The van der Waals surface area contributed by atoms with Crippen LogP contribution in [-0.2, 0) is 11.3 Å². The van der Waals surface area contributed by atoms with Crippen LogP contribution in [0.15, 0.2) is 47.1 Å². The molecule has 1 aliphatic rings. The topological polar surface area (TPSA) is 58.0 Å². The van der Waals surface area contributed by atoms with Gasteiger partial charge in [-0.1, -0.05) is 6.07 Å². The van der Waals surface area contributed by atoms with Crippen molar-refractivity contribution in [1.82, 2.24) is 9.80 Å². The molecule has 1 saturated heterocycles. The predicted molar refractivity (Wildman–Crippen MR) is 96.6 cm³/mol. The van der Waals surface area contributed by atoms with Crippen molar-refractivity contribution < 1.29 is 13.9 Å². The average molecular weight is 343 g/mol. The maximum Gasteiger partial charge on any atom is 0.241 e. The third-order valence-corrected chi connectivity index (χ3v) is 4.63. The van der Waals surface area contributed by atoms with Crippen LogP contribution >= 0.6 is 0 Å². The highest BCUT2D eigenvalue weighted by Crippen LogP contribution is 2.18. The van der Waals surface area contributed by atoms with E-state index in [1.807, 2.05) is 43.3 Å². The van der Waals surface area contributed by atoms with Gasteiger partial charge >= 0.3 is 0 Å². The number of hydrogen-bond donors (Lipinski definition) is 1. The Kier molecular flexibility index (Phi) is 5.73. The van der Waals surface area contributed by atoms with Gasteiger partial charge in [0, 0.05) is 37.9 Å². The summed E-state index contributed by atoms with van der Waals surface area (Å²) in [6.07, 6.45) is 1.70. The molecule has 1 aliphatic heterocycles. The van der Waals surface area contributed by atoms with Gasteiger partial charge in [-0.2, -0.15) is 0 Å². The Labute approximate surface area is 148 Å². The lowest BCUT2D eigenvalue weighted by molar-refractivity contribution is -0.121. The summed E-state index contributed by atoms with van der Waals surface area (Å²) in [5, 5.41) is 2.97. The number of hydrogen-bond acceptors (Lipinski definition) is 5. The number of piperazine rings is 1. The molecule has 3 rings (SSSR count). The van der Waals surface area contributed by atoms with Crippen molar-refractivity contribution in [3.8, 4) is 5.75 Å². The fourth-order valence-electron chi connectivity index (χ4n) is 3.05. The van der Waals surface area contributed by atoms with Gasteiger partial charge in [0.25, 0.3) is 0 Å². The fraction of sp³-hybridized carbons (Fsp3) is 0.421. The Morgan fingerprint density at radius 2 is 2.04 bits per heavy atom. The molecule has 1 atom stereocenters. The number of methoxy groups -OCH3 is 1. The van der Waals surface area contributed by atoms with Gasteiger partial charge < -0.3 is 14.5 Å². The zero-order valence-corrected chi connectivity index (χ0v) is 14.8. The lowest BCUT2D eigenvalue weighted by Gasteiger charge is -2.37. The summed E-state index contributed by atoms with van der Waals surface area (Å²) >= 11 is 0. The van der Waals surface area contributed by atoms with Crippen molar-refractivity contribution >= 4 is 11.6 Å². The van der Waals surface area contributed by atoms with E-state index in [0.717, 1.165) is 49.9 Å². The summed E-state index contributed by atoms with van der Waals surface area (Å²) < 4.78 is 10.6. The van der Waals surface area contributed by atoms with Crippen LogP contribution in [0.1, 0.15) is 12.7 Å². The van der Waals surface area contributed by atoms with E-state index in [1.54, 1.807) is 13.4 Å². The molecular weight excluding hydrogens is 318 g/mol. The van der Waals surface area contributed by atoms with Crippen LogP contribution in [-0.4, -0.2) is 55.0 Å². The van der Waals surface area contributed by atoms with Crippen molar-refractivity contribution in [2.75, 3.05) is 38.6 Å². The second-order valence-corrected chi connectivity index (χ2v) is 6.29. The van der Waals surface area contributed by atoms with E-state index in [0.29, 0.717) is 0 Å². The lowest BCUT2D eigenvalue weighted by Crippen LogP contribution is -2.52. The van der Waals surface area contributed by atoms with Crippen LogP contribution in [0, 0.1) is 0 Å². The van der Waals surface area contributed by atoms with Crippen LogP contribution in [0.4, 0.5) is 5.69 Å². The Morgan fingerprint density at radius 1 is 1.24 bits per heavy atom. The monoisotopic (exact) mass is 343 g/mol. The molecular formula is C19H25N3O3. The summed E-state index contributed by atoms with van der Waals surface area (Å²) in [7, 11) is 1.62. The molecule has 0 unspecified atom stereocenters. The first-order valence-electron chi connectivity index (χ1n) is 8.59. The maximum absolute atomic E-state index is 12.5. The number of furan rings is 1. The highest BCUT2D eigenvalue weighted by molar-refractivity contribution is 5.94. The number of nitrogens with zero attached hydrogens (tertiary/aromatic N) is 2. The lowest BCUT2D eigenvalue weighted by atomic mass is 10.2.